The lowest BCUT2D eigenvalue weighted by Gasteiger charge is -2.18. The van der Waals surface area contributed by atoms with Gasteiger partial charge >= 0.3 is 0 Å². The number of carbonyl (C=O) groups is 2. The molecule has 0 aliphatic heterocycles. The molecule has 1 heterocycles. The van der Waals surface area contributed by atoms with Crippen molar-refractivity contribution >= 4 is 28.8 Å². The molecule has 1 aromatic heterocycles. The fourth-order valence-corrected chi connectivity index (χ4v) is 4.20. The Morgan fingerprint density at radius 2 is 1.78 bits per heavy atom. The molecule has 3 aromatic carbocycles. The van der Waals surface area contributed by atoms with Crippen LogP contribution >= 0.6 is 11.3 Å². The van der Waals surface area contributed by atoms with E-state index in [1.165, 1.54) is 0 Å². The molecule has 7 nitrogen and oxygen atoms in total. The summed E-state index contributed by atoms with van der Waals surface area (Å²) in [4.78, 5) is 29.9. The van der Waals surface area contributed by atoms with Gasteiger partial charge in [0.25, 0.3) is 5.91 Å². The second-order valence-electron chi connectivity index (χ2n) is 8.91. The highest BCUT2D eigenvalue weighted by atomic mass is 32.1. The fourth-order valence-electron chi connectivity index (χ4n) is 3.56. The number of thiazole rings is 1. The highest BCUT2D eigenvalue weighted by Crippen LogP contribution is 2.26. The minimum absolute atomic E-state index is 0.129. The molecule has 4 aromatic rings. The van der Waals surface area contributed by atoms with Gasteiger partial charge in [0.15, 0.2) is 0 Å². The Labute approximate surface area is 220 Å². The van der Waals surface area contributed by atoms with Crippen LogP contribution in [-0.4, -0.2) is 16.8 Å². The van der Waals surface area contributed by atoms with E-state index in [1.807, 2.05) is 74.7 Å². The summed E-state index contributed by atoms with van der Waals surface area (Å²) in [6.45, 7) is 5.91. The number of hydrazine groups is 1. The largest absolute Gasteiger partial charge is 0.488 e. The van der Waals surface area contributed by atoms with E-state index in [1.54, 1.807) is 35.7 Å². The second kappa shape index (κ2) is 12.3. The molecular weight excluding hydrogens is 484 g/mol. The zero-order valence-corrected chi connectivity index (χ0v) is 21.8. The van der Waals surface area contributed by atoms with Crippen LogP contribution in [0.2, 0.25) is 0 Å². The predicted octanol–water partition coefficient (Wildman–Crippen LogP) is 5.98. The summed E-state index contributed by atoms with van der Waals surface area (Å²) in [7, 11) is 0. The average Bonchev–Trinajstić information content (AvgIpc) is 3.46. The number of amides is 2. The molecule has 0 saturated carbocycles. The first-order valence-electron chi connectivity index (χ1n) is 12.1. The molecule has 0 fully saturated rings. The number of benzene rings is 3. The minimum Gasteiger partial charge on any atom is -0.488 e. The van der Waals surface area contributed by atoms with E-state index in [4.69, 9.17) is 4.74 Å². The number of ether oxygens (including phenoxy) is 1. The molecule has 0 spiro atoms. The lowest BCUT2D eigenvalue weighted by Crippen LogP contribution is -2.39. The van der Waals surface area contributed by atoms with Crippen LogP contribution in [0.25, 0.3) is 10.6 Å². The normalized spacial score (nSPS) is 11.7. The predicted molar refractivity (Wildman–Crippen MR) is 147 cm³/mol. The van der Waals surface area contributed by atoms with Crippen molar-refractivity contribution in [2.45, 2.75) is 33.4 Å². The van der Waals surface area contributed by atoms with E-state index in [0.717, 1.165) is 21.7 Å². The SMILES string of the molecule is CC(C)C(=O)Nc1ccc(OCc2ccccc2)c(C(=O)NNC(C)c2cccc(-c3nccs3)c2)c1. The Hall–Kier alpha value is -4.01. The minimum atomic E-state index is -0.369. The van der Waals surface area contributed by atoms with Gasteiger partial charge in [-0.25, -0.2) is 10.4 Å². The number of nitrogens with one attached hydrogen (secondary N) is 3. The Bertz CT molecular complexity index is 1340. The van der Waals surface area contributed by atoms with Crippen molar-refractivity contribution in [3.63, 3.8) is 0 Å². The summed E-state index contributed by atoms with van der Waals surface area (Å²) < 4.78 is 5.99. The van der Waals surface area contributed by atoms with Crippen LogP contribution < -0.4 is 20.9 Å². The quantitative estimate of drug-likeness (QED) is 0.227. The number of nitrogens with zero attached hydrogens (tertiary/aromatic N) is 1. The standard InChI is InChI=1S/C29H30N4O3S/c1-19(2)27(34)31-24-12-13-26(36-18-21-8-5-4-6-9-21)25(17-24)28(35)33-32-20(3)22-10-7-11-23(16-22)29-30-14-15-37-29/h4-17,19-20,32H,18H2,1-3H3,(H,31,34)(H,33,35). The third-order valence-electron chi connectivity index (χ3n) is 5.72. The van der Waals surface area contributed by atoms with E-state index in [0.29, 0.717) is 23.6 Å². The van der Waals surface area contributed by atoms with Gasteiger partial charge in [-0.3, -0.25) is 15.0 Å². The number of anilines is 1. The molecule has 0 bridgehead atoms. The summed E-state index contributed by atoms with van der Waals surface area (Å²) in [5.41, 5.74) is 9.75. The topological polar surface area (TPSA) is 92.3 Å². The molecule has 8 heteroatoms. The van der Waals surface area contributed by atoms with Crippen LogP contribution in [0.5, 0.6) is 5.75 Å². The van der Waals surface area contributed by atoms with Gasteiger partial charge in [0.1, 0.15) is 17.4 Å². The molecule has 190 valence electrons. The van der Waals surface area contributed by atoms with Gasteiger partial charge in [0, 0.05) is 34.8 Å². The van der Waals surface area contributed by atoms with Crippen molar-refractivity contribution in [2.24, 2.45) is 5.92 Å². The number of hydrogen-bond acceptors (Lipinski definition) is 6. The van der Waals surface area contributed by atoms with Gasteiger partial charge in [-0.15, -0.1) is 11.3 Å². The molecule has 0 saturated heterocycles. The Kier molecular flexibility index (Phi) is 8.66. The summed E-state index contributed by atoms with van der Waals surface area (Å²) in [5, 5.41) is 5.73. The average molecular weight is 515 g/mol. The molecular formula is C29H30N4O3S. The second-order valence-corrected chi connectivity index (χ2v) is 9.81. The summed E-state index contributed by atoms with van der Waals surface area (Å²) in [6, 6.07) is 22.7. The molecule has 3 N–H and O–H groups in total. The molecule has 1 unspecified atom stereocenters. The zero-order chi connectivity index (χ0) is 26.2. The zero-order valence-electron chi connectivity index (χ0n) is 21.0. The fraction of sp³-hybridized carbons (Fsp3) is 0.207. The maximum atomic E-state index is 13.3. The molecule has 0 aliphatic rings. The third-order valence-corrected chi connectivity index (χ3v) is 6.54. The maximum absolute atomic E-state index is 13.3. The van der Waals surface area contributed by atoms with Crippen LogP contribution in [0.4, 0.5) is 5.69 Å². The smallest absolute Gasteiger partial charge is 0.269 e. The highest BCUT2D eigenvalue weighted by molar-refractivity contribution is 7.13. The summed E-state index contributed by atoms with van der Waals surface area (Å²) >= 11 is 1.58. The molecule has 1 atom stereocenters. The van der Waals surface area contributed by atoms with Gasteiger partial charge in [-0.1, -0.05) is 62.4 Å². The van der Waals surface area contributed by atoms with Crippen LogP contribution in [0.1, 0.15) is 48.3 Å². The van der Waals surface area contributed by atoms with Gasteiger partial charge < -0.3 is 10.1 Å². The van der Waals surface area contributed by atoms with Crippen molar-refractivity contribution < 1.29 is 14.3 Å². The van der Waals surface area contributed by atoms with E-state index in [-0.39, 0.29) is 23.8 Å². The number of hydrogen-bond donors (Lipinski definition) is 3. The van der Waals surface area contributed by atoms with Crippen molar-refractivity contribution in [1.29, 1.82) is 0 Å². The Morgan fingerprint density at radius 3 is 2.51 bits per heavy atom. The lowest BCUT2D eigenvalue weighted by atomic mass is 10.1. The molecule has 0 aliphatic carbocycles. The number of carbonyl (C=O) groups excluding carboxylic acids is 2. The van der Waals surface area contributed by atoms with E-state index in [9.17, 15) is 9.59 Å². The highest BCUT2D eigenvalue weighted by Gasteiger charge is 2.17. The first-order chi connectivity index (χ1) is 17.9. The first kappa shape index (κ1) is 26.1. The van der Waals surface area contributed by atoms with Crippen molar-refractivity contribution in [3.8, 4) is 16.3 Å². The number of rotatable bonds is 10. The molecule has 37 heavy (non-hydrogen) atoms. The Balaban J connectivity index is 1.49. The number of aromatic nitrogens is 1. The van der Waals surface area contributed by atoms with Gasteiger partial charge in [0.2, 0.25) is 5.91 Å². The van der Waals surface area contributed by atoms with E-state index >= 15 is 0 Å². The summed E-state index contributed by atoms with van der Waals surface area (Å²) in [6.07, 6.45) is 1.78. The van der Waals surface area contributed by atoms with Crippen LogP contribution in [0.3, 0.4) is 0 Å². The molecule has 0 radical (unpaired) electrons. The Morgan fingerprint density at radius 1 is 0.973 bits per heavy atom. The van der Waals surface area contributed by atoms with E-state index in [2.05, 4.69) is 27.2 Å². The van der Waals surface area contributed by atoms with Crippen LogP contribution in [0.15, 0.2) is 84.4 Å². The van der Waals surface area contributed by atoms with Crippen molar-refractivity contribution in [1.82, 2.24) is 15.8 Å². The van der Waals surface area contributed by atoms with Gasteiger partial charge in [-0.2, -0.15) is 0 Å². The third kappa shape index (κ3) is 7.03. The first-order valence-corrected chi connectivity index (χ1v) is 13.0. The maximum Gasteiger partial charge on any atom is 0.269 e. The van der Waals surface area contributed by atoms with Gasteiger partial charge in [0.05, 0.1) is 5.56 Å². The lowest BCUT2D eigenvalue weighted by molar-refractivity contribution is -0.118. The van der Waals surface area contributed by atoms with E-state index < -0.39 is 0 Å². The molecule has 4 rings (SSSR count). The van der Waals surface area contributed by atoms with Crippen LogP contribution in [-0.2, 0) is 11.4 Å². The monoisotopic (exact) mass is 514 g/mol. The summed E-state index contributed by atoms with van der Waals surface area (Å²) in [5.74, 6) is -0.263. The molecule has 2 amide bonds. The van der Waals surface area contributed by atoms with Crippen LogP contribution in [0, 0.1) is 5.92 Å². The van der Waals surface area contributed by atoms with Gasteiger partial charge in [-0.05, 0) is 42.3 Å². The van der Waals surface area contributed by atoms with Crippen molar-refractivity contribution in [3.05, 3.63) is 101 Å². The van der Waals surface area contributed by atoms with Crippen molar-refractivity contribution in [2.75, 3.05) is 5.32 Å².